The minimum absolute atomic E-state index is 0.196. The van der Waals surface area contributed by atoms with Crippen molar-refractivity contribution in [3.05, 3.63) is 41.8 Å². The van der Waals surface area contributed by atoms with Gasteiger partial charge in [-0.25, -0.2) is 19.9 Å². The van der Waals surface area contributed by atoms with Crippen molar-refractivity contribution in [1.29, 1.82) is 0 Å². The summed E-state index contributed by atoms with van der Waals surface area (Å²) in [5.74, 6) is 1.09. The molecule has 3 aromatic rings. The molecule has 0 aliphatic carbocycles. The fourth-order valence-corrected chi connectivity index (χ4v) is 4.90. The molecule has 3 heterocycles. The molecule has 1 fully saturated rings. The highest BCUT2D eigenvalue weighted by molar-refractivity contribution is 7.53. The second-order valence-corrected chi connectivity index (χ2v) is 10.1. The highest BCUT2D eigenvalue weighted by Gasteiger charge is 2.28. The number of nitrogens with zero attached hydrogens (tertiary/aromatic N) is 5. The van der Waals surface area contributed by atoms with Gasteiger partial charge in [-0.1, -0.05) is 17.7 Å². The average Bonchev–Trinajstić information content (AvgIpc) is 2.81. The monoisotopic (exact) mass is 477 g/mol. The Morgan fingerprint density at radius 3 is 2.69 bits per heavy atom. The molecule has 1 saturated heterocycles. The van der Waals surface area contributed by atoms with Crippen molar-refractivity contribution in [2.75, 3.05) is 44.2 Å². The van der Waals surface area contributed by atoms with E-state index in [-0.39, 0.29) is 12.3 Å². The molecule has 0 radical (unpaired) electrons. The zero-order chi connectivity index (χ0) is 22.6. The van der Waals surface area contributed by atoms with Gasteiger partial charge in [0.05, 0.1) is 6.20 Å². The quantitative estimate of drug-likeness (QED) is 0.459. The second-order valence-electron chi connectivity index (χ2n) is 7.44. The third-order valence-electron chi connectivity index (χ3n) is 5.32. The lowest BCUT2D eigenvalue weighted by Gasteiger charge is -2.33. The van der Waals surface area contributed by atoms with E-state index in [1.807, 2.05) is 24.3 Å². The van der Waals surface area contributed by atoms with Crippen LogP contribution in [0.5, 0.6) is 0 Å². The van der Waals surface area contributed by atoms with E-state index in [1.54, 1.807) is 6.20 Å². The Bertz CT molecular complexity index is 1120. The highest BCUT2D eigenvalue weighted by Crippen LogP contribution is 2.47. The topological polar surface area (TPSA) is 114 Å². The van der Waals surface area contributed by atoms with E-state index in [0.29, 0.717) is 27.8 Å². The zero-order valence-electron chi connectivity index (χ0n) is 17.9. The van der Waals surface area contributed by atoms with Crippen molar-refractivity contribution >= 4 is 47.7 Å². The van der Waals surface area contributed by atoms with Gasteiger partial charge in [-0.3, -0.25) is 9.46 Å². The van der Waals surface area contributed by atoms with Crippen LogP contribution in [0.1, 0.15) is 12.8 Å². The number of nitrogens with one attached hydrogen (secondary N) is 2. The van der Waals surface area contributed by atoms with Crippen LogP contribution in [-0.4, -0.2) is 64.5 Å². The number of piperidine rings is 1. The van der Waals surface area contributed by atoms with E-state index in [1.165, 1.54) is 20.5 Å². The molecule has 1 aliphatic heterocycles. The molecule has 0 unspecified atom stereocenters. The van der Waals surface area contributed by atoms with Crippen LogP contribution in [0, 0.1) is 0 Å². The normalized spacial score (nSPS) is 15.7. The van der Waals surface area contributed by atoms with E-state index in [9.17, 15) is 4.57 Å². The van der Waals surface area contributed by atoms with Crippen LogP contribution >= 0.6 is 19.2 Å². The first-order valence-corrected chi connectivity index (χ1v) is 12.3. The molecule has 4 rings (SSSR count). The Hall–Kier alpha value is -2.36. The van der Waals surface area contributed by atoms with Gasteiger partial charge in [-0.05, 0) is 31.0 Å². The van der Waals surface area contributed by atoms with Crippen LogP contribution in [-0.2, 0) is 13.6 Å². The summed E-state index contributed by atoms with van der Waals surface area (Å²) < 4.78 is 22.4. The number of likely N-dealkylation sites (tertiary alicyclic amines) is 1. The Balaban J connectivity index is 1.44. The number of fused-ring (bicyclic) bond motifs is 1. The van der Waals surface area contributed by atoms with Crippen molar-refractivity contribution in [3.8, 4) is 0 Å². The molecule has 0 spiro atoms. The van der Waals surface area contributed by atoms with Crippen molar-refractivity contribution < 1.29 is 13.6 Å². The number of aromatic nitrogens is 4. The van der Waals surface area contributed by atoms with Crippen LogP contribution in [0.3, 0.4) is 0 Å². The van der Waals surface area contributed by atoms with Gasteiger partial charge in [0.1, 0.15) is 23.6 Å². The summed E-state index contributed by atoms with van der Waals surface area (Å²) in [6.45, 7) is 1.54. The van der Waals surface area contributed by atoms with Crippen molar-refractivity contribution in [2.45, 2.75) is 18.9 Å². The summed E-state index contributed by atoms with van der Waals surface area (Å²) in [6, 6.07) is 7.59. The lowest BCUT2D eigenvalue weighted by Crippen LogP contribution is -2.39. The Kier molecular flexibility index (Phi) is 7.17. The van der Waals surface area contributed by atoms with Crippen LogP contribution < -0.4 is 10.6 Å². The van der Waals surface area contributed by atoms with E-state index in [2.05, 4.69) is 35.5 Å². The molecular weight excluding hydrogens is 453 g/mol. The van der Waals surface area contributed by atoms with E-state index in [0.717, 1.165) is 31.6 Å². The molecule has 2 aromatic heterocycles. The van der Waals surface area contributed by atoms with Crippen LogP contribution in [0.15, 0.2) is 36.8 Å². The van der Waals surface area contributed by atoms with Gasteiger partial charge in [0, 0.05) is 44.1 Å². The van der Waals surface area contributed by atoms with Crippen molar-refractivity contribution in [3.63, 3.8) is 0 Å². The summed E-state index contributed by atoms with van der Waals surface area (Å²) in [4.78, 5) is 19.8. The predicted octanol–water partition coefficient (Wildman–Crippen LogP) is 4.14. The predicted molar refractivity (Wildman–Crippen MR) is 125 cm³/mol. The smallest absolute Gasteiger partial charge is 0.344 e. The molecule has 170 valence electrons. The third kappa shape index (κ3) is 5.51. The van der Waals surface area contributed by atoms with Crippen molar-refractivity contribution in [1.82, 2.24) is 24.8 Å². The Morgan fingerprint density at radius 1 is 1.19 bits per heavy atom. The van der Waals surface area contributed by atoms with E-state index < -0.39 is 7.60 Å². The van der Waals surface area contributed by atoms with Crippen LogP contribution in [0.25, 0.3) is 11.0 Å². The van der Waals surface area contributed by atoms with E-state index in [4.69, 9.17) is 20.6 Å². The minimum atomic E-state index is -3.05. The van der Waals surface area contributed by atoms with Gasteiger partial charge in [0.25, 0.3) is 0 Å². The van der Waals surface area contributed by atoms with Crippen LogP contribution in [0.4, 0.5) is 17.5 Å². The Morgan fingerprint density at radius 2 is 1.97 bits per heavy atom. The largest absolute Gasteiger partial charge is 0.351 e. The molecule has 12 heteroatoms. The molecule has 10 nitrogen and oxygen atoms in total. The molecule has 1 aromatic carbocycles. The summed E-state index contributed by atoms with van der Waals surface area (Å²) in [6.07, 6.45) is 5.15. The van der Waals surface area contributed by atoms with Gasteiger partial charge in [-0.2, -0.15) is 0 Å². The molecule has 0 amide bonds. The first-order valence-electron chi connectivity index (χ1n) is 10.2. The molecule has 0 bridgehead atoms. The SMILES string of the molecule is COP(=O)(CN1CCC(Nc2ncc3ncnc(Nc4cccc(Cl)c4)c3n2)CC1)OC. The van der Waals surface area contributed by atoms with Crippen LogP contribution in [0.2, 0.25) is 5.02 Å². The van der Waals surface area contributed by atoms with E-state index >= 15 is 0 Å². The van der Waals surface area contributed by atoms with Gasteiger partial charge in [-0.15, -0.1) is 0 Å². The third-order valence-corrected chi connectivity index (χ3v) is 7.41. The van der Waals surface area contributed by atoms with Gasteiger partial charge in [0.2, 0.25) is 5.95 Å². The molecule has 0 saturated carbocycles. The first-order chi connectivity index (χ1) is 15.5. The maximum Gasteiger partial charge on any atom is 0.344 e. The number of halogens is 1. The average molecular weight is 478 g/mol. The fourth-order valence-electron chi connectivity index (χ4n) is 3.55. The first kappa shape index (κ1) is 22.8. The number of rotatable bonds is 8. The summed E-state index contributed by atoms with van der Waals surface area (Å²) >= 11 is 6.08. The molecule has 2 N–H and O–H groups in total. The lowest BCUT2D eigenvalue weighted by molar-refractivity contribution is 0.208. The van der Waals surface area contributed by atoms with Crippen molar-refractivity contribution in [2.24, 2.45) is 0 Å². The zero-order valence-corrected chi connectivity index (χ0v) is 19.5. The number of hydrogen-bond acceptors (Lipinski definition) is 10. The lowest BCUT2D eigenvalue weighted by atomic mass is 10.1. The number of hydrogen-bond donors (Lipinski definition) is 2. The Labute approximate surface area is 191 Å². The molecule has 0 atom stereocenters. The molecule has 32 heavy (non-hydrogen) atoms. The molecular formula is C20H25ClN7O3P. The highest BCUT2D eigenvalue weighted by atomic mass is 35.5. The maximum atomic E-state index is 12.4. The second kappa shape index (κ2) is 10.1. The summed E-state index contributed by atoms with van der Waals surface area (Å²) in [7, 11) is -0.226. The standard InChI is InChI=1S/C20H25ClN7O3P/c1-30-32(29,31-2)13-28-8-6-15(7-9-28)26-20-22-11-17-18(27-20)19(24-12-23-17)25-16-5-3-4-14(21)10-16/h3-5,10-12,15H,6-9,13H2,1-2H3,(H,22,26,27)(H,23,24,25). The van der Waals surface area contributed by atoms with Gasteiger partial charge >= 0.3 is 7.60 Å². The maximum absolute atomic E-state index is 12.4. The number of anilines is 3. The summed E-state index contributed by atoms with van der Waals surface area (Å²) in [5, 5.41) is 7.28. The van der Waals surface area contributed by atoms with Gasteiger partial charge < -0.3 is 19.7 Å². The summed E-state index contributed by atoms with van der Waals surface area (Å²) in [5.41, 5.74) is 2.06. The van der Waals surface area contributed by atoms with Gasteiger partial charge in [0.15, 0.2) is 5.82 Å². The molecule has 1 aliphatic rings. The fraction of sp³-hybridized carbons (Fsp3) is 0.400. The minimum Gasteiger partial charge on any atom is -0.351 e. The number of benzene rings is 1.